The lowest BCUT2D eigenvalue weighted by atomic mass is 9.77. The SMILES string of the molecule is CCN1CCC2(CCN(Cc3ccsc3)CC2)C1=O.O=C(O)C(F)(F)F. The molecule has 0 bridgehead atoms. The first-order valence-electron chi connectivity index (χ1n) is 8.51. The predicted octanol–water partition coefficient (Wildman–Crippen LogP) is 3.22. The van der Waals surface area contributed by atoms with E-state index in [2.05, 4.69) is 28.7 Å². The van der Waals surface area contributed by atoms with Crippen LogP contribution in [0.15, 0.2) is 16.8 Å². The van der Waals surface area contributed by atoms with Gasteiger partial charge in [-0.1, -0.05) is 0 Å². The molecule has 1 spiro atoms. The molecule has 3 heterocycles. The van der Waals surface area contributed by atoms with Gasteiger partial charge in [-0.2, -0.15) is 24.5 Å². The smallest absolute Gasteiger partial charge is 0.475 e. The van der Waals surface area contributed by atoms with E-state index in [1.54, 1.807) is 11.3 Å². The minimum atomic E-state index is -5.08. The maximum atomic E-state index is 12.4. The molecule has 26 heavy (non-hydrogen) atoms. The van der Waals surface area contributed by atoms with Crippen molar-refractivity contribution in [3.8, 4) is 0 Å². The molecular weight excluding hydrogens is 369 g/mol. The number of carboxylic acid groups (broad SMARTS) is 1. The van der Waals surface area contributed by atoms with E-state index in [1.807, 2.05) is 4.90 Å². The van der Waals surface area contributed by atoms with Crippen LogP contribution in [0.4, 0.5) is 13.2 Å². The van der Waals surface area contributed by atoms with Crippen molar-refractivity contribution in [3.05, 3.63) is 22.4 Å². The van der Waals surface area contributed by atoms with Crippen molar-refractivity contribution in [1.82, 2.24) is 9.80 Å². The molecule has 3 rings (SSSR count). The molecule has 0 saturated carbocycles. The van der Waals surface area contributed by atoms with Crippen LogP contribution in [0.3, 0.4) is 0 Å². The minimum Gasteiger partial charge on any atom is -0.475 e. The van der Waals surface area contributed by atoms with Crippen molar-refractivity contribution in [2.75, 3.05) is 26.2 Å². The van der Waals surface area contributed by atoms with E-state index in [-0.39, 0.29) is 5.41 Å². The number of alkyl halides is 3. The first-order valence-corrected chi connectivity index (χ1v) is 9.45. The number of thiophene rings is 1. The van der Waals surface area contributed by atoms with Crippen LogP contribution in [0.25, 0.3) is 0 Å². The standard InChI is InChI=1S/C15H22N2OS.C2HF3O2/c1-2-17-9-6-15(14(17)18)4-7-16(8-5-15)11-13-3-10-19-12-13;3-2(4,5)1(6)7/h3,10,12H,2,4-9,11H2,1H3;(H,6,7). The molecule has 5 nitrogen and oxygen atoms in total. The molecule has 2 fully saturated rings. The molecule has 1 aromatic heterocycles. The van der Waals surface area contributed by atoms with Gasteiger partial charge in [0.25, 0.3) is 0 Å². The van der Waals surface area contributed by atoms with Crippen LogP contribution in [0.2, 0.25) is 0 Å². The lowest BCUT2D eigenvalue weighted by molar-refractivity contribution is -0.192. The Morgan fingerprint density at radius 1 is 1.27 bits per heavy atom. The number of carbonyl (C=O) groups is 2. The fourth-order valence-electron chi connectivity index (χ4n) is 3.44. The number of piperidine rings is 1. The molecule has 2 aliphatic rings. The summed E-state index contributed by atoms with van der Waals surface area (Å²) in [6.45, 7) is 7.12. The van der Waals surface area contributed by atoms with Crippen LogP contribution in [0.5, 0.6) is 0 Å². The quantitative estimate of drug-likeness (QED) is 0.858. The predicted molar refractivity (Wildman–Crippen MR) is 91.8 cm³/mol. The zero-order chi connectivity index (χ0) is 19.4. The Hall–Kier alpha value is -1.61. The molecule has 146 valence electrons. The van der Waals surface area contributed by atoms with Crippen LogP contribution in [0.1, 0.15) is 31.7 Å². The number of hydrogen-bond acceptors (Lipinski definition) is 4. The van der Waals surface area contributed by atoms with E-state index in [0.29, 0.717) is 5.91 Å². The Bertz CT molecular complexity index is 611. The molecule has 0 aliphatic carbocycles. The van der Waals surface area contributed by atoms with Crippen LogP contribution >= 0.6 is 11.3 Å². The first-order chi connectivity index (χ1) is 12.2. The molecule has 0 radical (unpaired) electrons. The zero-order valence-corrected chi connectivity index (χ0v) is 15.4. The second-order valence-electron chi connectivity index (χ2n) is 6.63. The molecule has 1 amide bonds. The fraction of sp³-hybridized carbons (Fsp3) is 0.647. The van der Waals surface area contributed by atoms with Gasteiger partial charge in [0, 0.05) is 19.6 Å². The number of rotatable bonds is 3. The summed E-state index contributed by atoms with van der Waals surface area (Å²) in [4.78, 5) is 25.9. The van der Waals surface area contributed by atoms with Gasteiger partial charge in [0.2, 0.25) is 5.91 Å². The topological polar surface area (TPSA) is 60.9 Å². The summed E-state index contributed by atoms with van der Waals surface area (Å²) in [5, 5.41) is 11.5. The molecule has 2 aliphatic heterocycles. The van der Waals surface area contributed by atoms with Crippen molar-refractivity contribution < 1.29 is 27.9 Å². The lowest BCUT2D eigenvalue weighted by Gasteiger charge is -2.37. The zero-order valence-electron chi connectivity index (χ0n) is 14.6. The Kier molecular flexibility index (Phi) is 6.68. The molecule has 0 aromatic carbocycles. The van der Waals surface area contributed by atoms with Crippen molar-refractivity contribution in [3.63, 3.8) is 0 Å². The van der Waals surface area contributed by atoms with E-state index in [4.69, 9.17) is 9.90 Å². The number of aliphatic carboxylic acids is 1. The monoisotopic (exact) mass is 392 g/mol. The summed E-state index contributed by atoms with van der Waals surface area (Å²) in [6.07, 6.45) is -1.91. The highest BCUT2D eigenvalue weighted by Gasteiger charge is 2.47. The summed E-state index contributed by atoms with van der Waals surface area (Å²) in [7, 11) is 0. The van der Waals surface area contributed by atoms with E-state index < -0.39 is 12.1 Å². The Morgan fingerprint density at radius 2 is 1.85 bits per heavy atom. The Balaban J connectivity index is 0.000000298. The highest BCUT2D eigenvalue weighted by molar-refractivity contribution is 7.07. The second-order valence-corrected chi connectivity index (χ2v) is 7.41. The van der Waals surface area contributed by atoms with E-state index in [9.17, 15) is 18.0 Å². The number of hydrogen-bond donors (Lipinski definition) is 1. The van der Waals surface area contributed by atoms with Crippen molar-refractivity contribution in [2.45, 2.75) is 38.9 Å². The van der Waals surface area contributed by atoms with Gasteiger partial charge in [-0.15, -0.1) is 0 Å². The number of halogens is 3. The average molecular weight is 392 g/mol. The summed E-state index contributed by atoms with van der Waals surface area (Å²) in [5.41, 5.74) is 1.40. The summed E-state index contributed by atoms with van der Waals surface area (Å²) in [6, 6.07) is 2.20. The number of likely N-dealkylation sites (tertiary alicyclic amines) is 2. The summed E-state index contributed by atoms with van der Waals surface area (Å²) in [5.74, 6) is -2.34. The Morgan fingerprint density at radius 3 is 2.27 bits per heavy atom. The van der Waals surface area contributed by atoms with Crippen molar-refractivity contribution >= 4 is 23.2 Å². The summed E-state index contributed by atoms with van der Waals surface area (Å²) >= 11 is 1.76. The fourth-order valence-corrected chi connectivity index (χ4v) is 4.10. The molecule has 2 saturated heterocycles. The first kappa shape index (κ1) is 20.7. The molecule has 1 aromatic rings. The Labute approximate surface area is 154 Å². The van der Waals surface area contributed by atoms with Crippen molar-refractivity contribution in [2.24, 2.45) is 5.41 Å². The minimum absolute atomic E-state index is 0.0127. The molecule has 1 N–H and O–H groups in total. The van der Waals surface area contributed by atoms with Crippen LogP contribution in [-0.2, 0) is 16.1 Å². The van der Waals surface area contributed by atoms with Gasteiger partial charge in [-0.05, 0) is 61.7 Å². The number of amides is 1. The van der Waals surface area contributed by atoms with Gasteiger partial charge in [0.1, 0.15) is 0 Å². The van der Waals surface area contributed by atoms with Gasteiger partial charge in [-0.25, -0.2) is 4.79 Å². The molecule has 0 atom stereocenters. The van der Waals surface area contributed by atoms with Crippen molar-refractivity contribution in [1.29, 1.82) is 0 Å². The van der Waals surface area contributed by atoms with Gasteiger partial charge in [0.15, 0.2) is 0 Å². The molecule has 0 unspecified atom stereocenters. The third-order valence-electron chi connectivity index (χ3n) is 5.02. The average Bonchev–Trinajstić information content (AvgIpc) is 3.19. The van der Waals surface area contributed by atoms with E-state index in [0.717, 1.165) is 52.0 Å². The van der Waals surface area contributed by atoms with E-state index >= 15 is 0 Å². The highest BCUT2D eigenvalue weighted by atomic mass is 32.1. The second kappa shape index (κ2) is 8.39. The third-order valence-corrected chi connectivity index (χ3v) is 5.76. The molecular formula is C17H23F3N2O3S. The van der Waals surface area contributed by atoms with Gasteiger partial charge in [0.05, 0.1) is 5.41 Å². The number of carbonyl (C=O) groups excluding carboxylic acids is 1. The summed E-state index contributed by atoms with van der Waals surface area (Å²) < 4.78 is 31.7. The van der Waals surface area contributed by atoms with Gasteiger partial charge >= 0.3 is 12.1 Å². The van der Waals surface area contributed by atoms with Crippen LogP contribution in [0, 0.1) is 5.41 Å². The largest absolute Gasteiger partial charge is 0.490 e. The number of carboxylic acids is 1. The van der Waals surface area contributed by atoms with Gasteiger partial charge in [-0.3, -0.25) is 9.69 Å². The maximum absolute atomic E-state index is 12.4. The maximum Gasteiger partial charge on any atom is 0.490 e. The van der Waals surface area contributed by atoms with Crippen LogP contribution < -0.4 is 0 Å². The molecule has 9 heteroatoms. The van der Waals surface area contributed by atoms with Crippen LogP contribution in [-0.4, -0.2) is 59.1 Å². The van der Waals surface area contributed by atoms with Gasteiger partial charge < -0.3 is 10.0 Å². The lowest BCUT2D eigenvalue weighted by Crippen LogP contribution is -2.44. The normalized spacial score (nSPS) is 20.2. The number of nitrogens with zero attached hydrogens (tertiary/aromatic N) is 2. The third kappa shape index (κ3) is 4.97. The van der Waals surface area contributed by atoms with E-state index in [1.165, 1.54) is 5.56 Å². The highest BCUT2D eigenvalue weighted by Crippen LogP contribution is 2.41.